The molecule has 0 saturated heterocycles. The summed E-state index contributed by atoms with van der Waals surface area (Å²) in [5.74, 6) is -3.25. The molecule has 0 saturated carbocycles. The molecular formula is C9H8ClFO4. The Hall–Kier alpha value is -1.49. The average Bonchev–Trinajstić information content (AvgIpc) is 2.14. The molecule has 1 aromatic carbocycles. The Labute approximate surface area is 89.9 Å². The first-order chi connectivity index (χ1) is 6.97. The number of aliphatic carboxylic acids is 1. The summed E-state index contributed by atoms with van der Waals surface area (Å²) in [6.07, 6.45) is -0.430. The predicted octanol–water partition coefficient (Wildman–Crippen LogP) is 1.82. The van der Waals surface area contributed by atoms with Crippen LogP contribution in [0.5, 0.6) is 11.5 Å². The van der Waals surface area contributed by atoms with Crippen molar-refractivity contribution in [1.29, 1.82) is 0 Å². The summed E-state index contributed by atoms with van der Waals surface area (Å²) in [6, 6.07) is 1.16. The number of phenolic OH excluding ortho intramolecular Hbond substituents is 1. The Kier molecular flexibility index (Phi) is 3.36. The Morgan fingerprint density at radius 3 is 2.73 bits per heavy atom. The quantitative estimate of drug-likeness (QED) is 0.837. The van der Waals surface area contributed by atoms with Gasteiger partial charge in [-0.3, -0.25) is 4.79 Å². The minimum atomic E-state index is -1.14. The average molecular weight is 235 g/mol. The van der Waals surface area contributed by atoms with Gasteiger partial charge in [0.2, 0.25) is 5.82 Å². The second-order valence-corrected chi connectivity index (χ2v) is 3.19. The number of carbonyl (C=O) groups is 1. The fourth-order valence-corrected chi connectivity index (χ4v) is 1.37. The van der Waals surface area contributed by atoms with Crippen LogP contribution >= 0.6 is 11.6 Å². The predicted molar refractivity (Wildman–Crippen MR) is 51.0 cm³/mol. The molecule has 0 aromatic heterocycles. The molecule has 0 amide bonds. The number of ether oxygens (including phenoxy) is 1. The minimum Gasteiger partial charge on any atom is -0.504 e. The molecule has 0 unspecified atom stereocenters. The maximum Gasteiger partial charge on any atom is 0.307 e. The van der Waals surface area contributed by atoms with Gasteiger partial charge in [-0.2, -0.15) is 4.39 Å². The Balaban J connectivity index is 3.31. The molecule has 0 bridgehead atoms. The molecule has 0 aliphatic heterocycles. The molecule has 1 aromatic rings. The fraction of sp³-hybridized carbons (Fsp3) is 0.222. The van der Waals surface area contributed by atoms with Gasteiger partial charge in [0.05, 0.1) is 18.6 Å². The molecule has 0 radical (unpaired) electrons. The standard InChI is InChI=1S/C9H8ClFO4/c1-15-9-4(3-6(12)13)2-5(10)8(14)7(9)11/h2,14H,3H2,1H3,(H,12,13). The number of rotatable bonds is 3. The van der Waals surface area contributed by atoms with Crippen molar-refractivity contribution < 1.29 is 24.1 Å². The zero-order valence-electron chi connectivity index (χ0n) is 7.75. The smallest absolute Gasteiger partial charge is 0.307 e. The van der Waals surface area contributed by atoms with Crippen molar-refractivity contribution in [2.75, 3.05) is 7.11 Å². The summed E-state index contributed by atoms with van der Waals surface area (Å²) < 4.78 is 18.0. The van der Waals surface area contributed by atoms with Crippen LogP contribution in [0.4, 0.5) is 4.39 Å². The van der Waals surface area contributed by atoms with Gasteiger partial charge in [-0.25, -0.2) is 0 Å². The fourth-order valence-electron chi connectivity index (χ4n) is 1.16. The Bertz CT molecular complexity index is 406. The molecular weight excluding hydrogens is 227 g/mol. The highest BCUT2D eigenvalue weighted by molar-refractivity contribution is 6.32. The topological polar surface area (TPSA) is 66.8 Å². The number of phenols is 1. The molecule has 0 aliphatic carbocycles. The van der Waals surface area contributed by atoms with Crippen LogP contribution in [0.2, 0.25) is 5.02 Å². The monoisotopic (exact) mass is 234 g/mol. The van der Waals surface area contributed by atoms with E-state index in [1.54, 1.807) is 0 Å². The van der Waals surface area contributed by atoms with Crippen molar-refractivity contribution in [3.05, 3.63) is 22.5 Å². The lowest BCUT2D eigenvalue weighted by Crippen LogP contribution is -2.04. The number of hydrogen-bond acceptors (Lipinski definition) is 3. The summed E-state index contributed by atoms with van der Waals surface area (Å²) in [5, 5.41) is 17.5. The van der Waals surface area contributed by atoms with Crippen LogP contribution in [0.25, 0.3) is 0 Å². The molecule has 2 N–H and O–H groups in total. The maximum atomic E-state index is 13.3. The number of hydrogen-bond donors (Lipinski definition) is 2. The van der Waals surface area contributed by atoms with Crippen molar-refractivity contribution in [3.63, 3.8) is 0 Å². The third kappa shape index (κ3) is 2.30. The molecule has 0 spiro atoms. The molecule has 0 atom stereocenters. The highest BCUT2D eigenvalue weighted by Crippen LogP contribution is 2.36. The largest absolute Gasteiger partial charge is 0.504 e. The summed E-state index contributed by atoms with van der Waals surface area (Å²) in [4.78, 5) is 10.5. The van der Waals surface area contributed by atoms with Gasteiger partial charge in [-0.15, -0.1) is 0 Å². The van der Waals surface area contributed by atoms with Crippen LogP contribution in [0.1, 0.15) is 5.56 Å². The van der Waals surface area contributed by atoms with E-state index in [9.17, 15) is 9.18 Å². The number of benzene rings is 1. The third-order valence-electron chi connectivity index (χ3n) is 1.77. The summed E-state index contributed by atoms with van der Waals surface area (Å²) in [7, 11) is 1.18. The van der Waals surface area contributed by atoms with Crippen molar-refractivity contribution in [2.24, 2.45) is 0 Å². The molecule has 82 valence electrons. The van der Waals surface area contributed by atoms with Gasteiger partial charge in [0.1, 0.15) is 0 Å². The molecule has 0 fully saturated rings. The van der Waals surface area contributed by atoms with Gasteiger partial charge in [-0.05, 0) is 6.07 Å². The number of carboxylic acids is 1. The van der Waals surface area contributed by atoms with Crippen molar-refractivity contribution >= 4 is 17.6 Å². The van der Waals surface area contributed by atoms with E-state index in [-0.39, 0.29) is 16.3 Å². The molecule has 6 heteroatoms. The van der Waals surface area contributed by atoms with Gasteiger partial charge in [0.15, 0.2) is 11.5 Å². The number of aromatic hydroxyl groups is 1. The highest BCUT2D eigenvalue weighted by atomic mass is 35.5. The molecule has 0 heterocycles. The molecule has 4 nitrogen and oxygen atoms in total. The first kappa shape index (κ1) is 11.6. The van der Waals surface area contributed by atoms with E-state index in [1.807, 2.05) is 0 Å². The van der Waals surface area contributed by atoms with E-state index in [0.29, 0.717) is 0 Å². The number of methoxy groups -OCH3 is 1. The van der Waals surface area contributed by atoms with Crippen molar-refractivity contribution in [2.45, 2.75) is 6.42 Å². The van der Waals surface area contributed by atoms with Gasteiger partial charge in [0, 0.05) is 5.56 Å². The van der Waals surface area contributed by atoms with Gasteiger partial charge in [-0.1, -0.05) is 11.6 Å². The molecule has 0 aliphatic rings. The minimum absolute atomic E-state index is 0.0744. The van der Waals surface area contributed by atoms with Crippen LogP contribution in [0, 0.1) is 5.82 Å². The van der Waals surface area contributed by atoms with Gasteiger partial charge >= 0.3 is 5.97 Å². The second-order valence-electron chi connectivity index (χ2n) is 2.78. The Morgan fingerprint density at radius 1 is 1.67 bits per heavy atom. The molecule has 15 heavy (non-hydrogen) atoms. The van der Waals surface area contributed by atoms with Crippen LogP contribution in [0.3, 0.4) is 0 Å². The highest BCUT2D eigenvalue weighted by Gasteiger charge is 2.19. The lowest BCUT2D eigenvalue weighted by molar-refractivity contribution is -0.136. The summed E-state index contributed by atoms with van der Waals surface area (Å²) in [6.45, 7) is 0. The lowest BCUT2D eigenvalue weighted by Gasteiger charge is -2.10. The van der Waals surface area contributed by atoms with Gasteiger partial charge in [0.25, 0.3) is 0 Å². The van der Waals surface area contributed by atoms with E-state index in [0.717, 1.165) is 6.07 Å². The van der Waals surface area contributed by atoms with E-state index >= 15 is 0 Å². The van der Waals surface area contributed by atoms with Gasteiger partial charge < -0.3 is 14.9 Å². The normalized spacial score (nSPS) is 10.1. The zero-order chi connectivity index (χ0) is 11.6. The van der Waals surface area contributed by atoms with Crippen LogP contribution in [-0.2, 0) is 11.2 Å². The third-order valence-corrected chi connectivity index (χ3v) is 2.06. The summed E-state index contributed by atoms with van der Waals surface area (Å²) >= 11 is 5.49. The van der Waals surface area contributed by atoms with E-state index in [4.69, 9.17) is 21.8 Å². The van der Waals surface area contributed by atoms with Crippen molar-refractivity contribution in [1.82, 2.24) is 0 Å². The zero-order valence-corrected chi connectivity index (χ0v) is 8.51. The van der Waals surface area contributed by atoms with Crippen molar-refractivity contribution in [3.8, 4) is 11.5 Å². The second kappa shape index (κ2) is 4.35. The number of carboxylic acid groups (broad SMARTS) is 1. The van der Waals surface area contributed by atoms with E-state index < -0.39 is 24.0 Å². The lowest BCUT2D eigenvalue weighted by atomic mass is 10.1. The van der Waals surface area contributed by atoms with E-state index in [2.05, 4.69) is 4.74 Å². The Morgan fingerprint density at radius 2 is 2.27 bits per heavy atom. The van der Waals surface area contributed by atoms with Crippen LogP contribution in [0.15, 0.2) is 6.07 Å². The van der Waals surface area contributed by atoms with E-state index in [1.165, 1.54) is 7.11 Å². The first-order valence-corrected chi connectivity index (χ1v) is 4.30. The maximum absolute atomic E-state index is 13.3. The summed E-state index contributed by atoms with van der Waals surface area (Å²) in [5.41, 5.74) is 0.0744. The molecule has 1 rings (SSSR count). The first-order valence-electron chi connectivity index (χ1n) is 3.93. The van der Waals surface area contributed by atoms with Crippen LogP contribution < -0.4 is 4.74 Å². The number of halogens is 2. The SMILES string of the molecule is COc1c(CC(=O)O)cc(Cl)c(O)c1F. The van der Waals surface area contributed by atoms with Crippen LogP contribution in [-0.4, -0.2) is 23.3 Å².